The Kier molecular flexibility index (Phi) is 6.76. The number of carbonyl (C=O) groups excluding carboxylic acids is 2. The van der Waals surface area contributed by atoms with Crippen LogP contribution in [0.2, 0.25) is 5.02 Å². The summed E-state index contributed by atoms with van der Waals surface area (Å²) < 4.78 is 29.7. The van der Waals surface area contributed by atoms with Crippen LogP contribution in [0.1, 0.15) is 24.8 Å². The molecule has 0 radical (unpaired) electrons. The number of benzene rings is 2. The van der Waals surface area contributed by atoms with Crippen LogP contribution in [0.25, 0.3) is 0 Å². The van der Waals surface area contributed by atoms with Crippen molar-refractivity contribution in [2.75, 3.05) is 7.11 Å². The van der Waals surface area contributed by atoms with Crippen molar-refractivity contribution < 1.29 is 22.7 Å². The Morgan fingerprint density at radius 2 is 1.77 bits per heavy atom. The fourth-order valence-electron chi connectivity index (χ4n) is 2.94. The second-order valence-corrected chi connectivity index (χ2v) is 10.6. The van der Waals surface area contributed by atoms with Crippen LogP contribution in [0.5, 0.6) is 5.75 Å². The molecule has 0 aliphatic carbocycles. The summed E-state index contributed by atoms with van der Waals surface area (Å²) in [6, 6.07) is 12.8. The van der Waals surface area contributed by atoms with E-state index in [-0.39, 0.29) is 11.3 Å². The van der Waals surface area contributed by atoms with Crippen molar-refractivity contribution in [3.8, 4) is 17.6 Å². The number of methoxy groups -OCH3 is 1. The second kappa shape index (κ2) is 9.13. The van der Waals surface area contributed by atoms with Crippen molar-refractivity contribution >= 4 is 44.3 Å². The Bertz CT molecular complexity index is 1120. The van der Waals surface area contributed by atoms with Gasteiger partial charge in [-0.1, -0.05) is 23.4 Å². The Morgan fingerprint density at radius 3 is 2.33 bits per heavy atom. The summed E-state index contributed by atoms with van der Waals surface area (Å²) in [7, 11) is -2.67. The van der Waals surface area contributed by atoms with Gasteiger partial charge < -0.3 is 4.74 Å². The van der Waals surface area contributed by atoms with Gasteiger partial charge in [0.2, 0.25) is 13.9 Å². The first-order valence-corrected chi connectivity index (χ1v) is 11.6. The lowest BCUT2D eigenvalue weighted by molar-refractivity contribution is -0.120. The van der Waals surface area contributed by atoms with Gasteiger partial charge in [-0.05, 0) is 73.1 Å². The number of sulfone groups is 1. The molecule has 156 valence electrons. The monoisotopic (exact) mass is 463 g/mol. The van der Waals surface area contributed by atoms with E-state index in [9.17, 15) is 18.0 Å². The molecular weight excluding hydrogens is 446 g/mol. The molecule has 1 aliphatic rings. The number of hydrogen-bond acceptors (Lipinski definition) is 6. The highest BCUT2D eigenvalue weighted by Crippen LogP contribution is 2.44. The van der Waals surface area contributed by atoms with Crippen molar-refractivity contribution in [3.05, 3.63) is 59.1 Å². The number of hydrogen-bond donors (Lipinski definition) is 1. The molecule has 1 fully saturated rings. The molecule has 1 atom stereocenters. The summed E-state index contributed by atoms with van der Waals surface area (Å²) >= 11 is 6.35. The molecule has 1 unspecified atom stereocenters. The number of rotatable bonds is 6. The third-order valence-electron chi connectivity index (χ3n) is 4.51. The standard InChI is InChI=1S/C21H18ClNO5S2/c1-28-17-10-12-18(13-11-17)30(26,27)21(19(24)23-20(25)29-21)14-4-2-3-5-15-6-8-16(22)9-7-15/h6-13H,2,4,14H2,1H3,(H,23,24,25). The summed E-state index contributed by atoms with van der Waals surface area (Å²) in [5.74, 6) is 5.60. The first-order valence-electron chi connectivity index (χ1n) is 8.96. The van der Waals surface area contributed by atoms with Crippen LogP contribution in [0.15, 0.2) is 53.4 Å². The van der Waals surface area contributed by atoms with Gasteiger partial charge in [0.05, 0.1) is 12.0 Å². The van der Waals surface area contributed by atoms with E-state index >= 15 is 0 Å². The minimum atomic E-state index is -4.14. The average molecular weight is 464 g/mol. The minimum Gasteiger partial charge on any atom is -0.497 e. The van der Waals surface area contributed by atoms with Gasteiger partial charge in [-0.3, -0.25) is 14.9 Å². The number of unbranched alkanes of at least 4 members (excludes halogenated alkanes) is 1. The summed E-state index contributed by atoms with van der Waals surface area (Å²) in [6.07, 6.45) is 0.646. The van der Waals surface area contributed by atoms with E-state index < -0.39 is 25.1 Å². The highest BCUT2D eigenvalue weighted by Gasteiger charge is 2.57. The zero-order chi connectivity index (χ0) is 21.8. The zero-order valence-electron chi connectivity index (χ0n) is 16.0. The highest BCUT2D eigenvalue weighted by atomic mass is 35.5. The number of carbonyl (C=O) groups is 2. The van der Waals surface area contributed by atoms with Crippen LogP contribution >= 0.6 is 23.4 Å². The summed E-state index contributed by atoms with van der Waals surface area (Å²) in [5, 5.41) is 2.05. The largest absolute Gasteiger partial charge is 0.497 e. The molecule has 2 aromatic carbocycles. The summed E-state index contributed by atoms with van der Waals surface area (Å²) in [5.41, 5.74) is 0.781. The molecule has 1 aliphatic heterocycles. The minimum absolute atomic E-state index is 0.0428. The molecule has 2 aromatic rings. The van der Waals surface area contributed by atoms with E-state index in [1.165, 1.54) is 31.4 Å². The van der Waals surface area contributed by atoms with E-state index in [0.717, 1.165) is 5.56 Å². The van der Waals surface area contributed by atoms with E-state index in [1.807, 2.05) is 0 Å². The number of thioether (sulfide) groups is 1. The number of halogens is 1. The number of amides is 2. The van der Waals surface area contributed by atoms with Crippen LogP contribution in [-0.2, 0) is 14.6 Å². The number of imide groups is 1. The maximum absolute atomic E-state index is 13.3. The summed E-state index contributed by atoms with van der Waals surface area (Å²) in [6.45, 7) is 0. The van der Waals surface area contributed by atoms with E-state index in [4.69, 9.17) is 16.3 Å². The fraction of sp³-hybridized carbons (Fsp3) is 0.238. The van der Waals surface area contributed by atoms with Crippen LogP contribution in [-0.4, -0.2) is 30.8 Å². The molecule has 3 rings (SSSR count). The van der Waals surface area contributed by atoms with Gasteiger partial charge in [0.1, 0.15) is 5.75 Å². The molecule has 0 bridgehead atoms. The lowest BCUT2D eigenvalue weighted by atomic mass is 10.1. The van der Waals surface area contributed by atoms with Gasteiger partial charge in [0, 0.05) is 17.0 Å². The molecule has 2 amide bonds. The van der Waals surface area contributed by atoms with Crippen LogP contribution in [0.4, 0.5) is 4.79 Å². The molecule has 1 N–H and O–H groups in total. The third kappa shape index (κ3) is 4.48. The highest BCUT2D eigenvalue weighted by molar-refractivity contribution is 8.25. The molecule has 30 heavy (non-hydrogen) atoms. The van der Waals surface area contributed by atoms with E-state index in [1.54, 1.807) is 24.3 Å². The third-order valence-corrected chi connectivity index (χ3v) is 8.82. The lowest BCUT2D eigenvalue weighted by Gasteiger charge is -2.24. The second-order valence-electron chi connectivity index (χ2n) is 6.44. The molecule has 1 saturated heterocycles. The van der Waals surface area contributed by atoms with Gasteiger partial charge in [-0.2, -0.15) is 0 Å². The fourth-order valence-corrected chi connectivity index (χ4v) is 6.44. The van der Waals surface area contributed by atoms with E-state index in [0.29, 0.717) is 35.4 Å². The molecule has 9 heteroatoms. The van der Waals surface area contributed by atoms with Crippen molar-refractivity contribution in [3.63, 3.8) is 0 Å². The molecule has 6 nitrogen and oxygen atoms in total. The van der Waals surface area contributed by atoms with Gasteiger partial charge in [-0.25, -0.2) is 8.42 Å². The SMILES string of the molecule is COc1ccc(S(=O)(=O)C2(CCCC#Cc3ccc(Cl)cc3)SC(=O)NC2=O)cc1. The van der Waals surface area contributed by atoms with Crippen molar-refractivity contribution in [1.29, 1.82) is 0 Å². The lowest BCUT2D eigenvalue weighted by Crippen LogP contribution is -2.43. The van der Waals surface area contributed by atoms with Crippen molar-refractivity contribution in [2.24, 2.45) is 0 Å². The number of ether oxygens (including phenoxy) is 1. The quantitative estimate of drug-likeness (QED) is 0.514. The van der Waals surface area contributed by atoms with Crippen LogP contribution in [0, 0.1) is 11.8 Å². The smallest absolute Gasteiger partial charge is 0.287 e. The van der Waals surface area contributed by atoms with Crippen molar-refractivity contribution in [1.82, 2.24) is 5.32 Å². The maximum Gasteiger partial charge on any atom is 0.287 e. The Labute approximate surface area is 184 Å². The predicted molar refractivity (Wildman–Crippen MR) is 116 cm³/mol. The molecule has 0 spiro atoms. The molecule has 0 aromatic heterocycles. The molecule has 1 heterocycles. The van der Waals surface area contributed by atoms with Crippen LogP contribution in [0.3, 0.4) is 0 Å². The molecule has 0 saturated carbocycles. The Morgan fingerprint density at radius 1 is 1.10 bits per heavy atom. The summed E-state index contributed by atoms with van der Waals surface area (Å²) in [4.78, 5) is 24.4. The average Bonchev–Trinajstić information content (AvgIpc) is 3.03. The van der Waals surface area contributed by atoms with Crippen LogP contribution < -0.4 is 10.1 Å². The normalized spacial score (nSPS) is 18.5. The Balaban J connectivity index is 1.80. The molecular formula is C21H18ClNO5S2. The van der Waals surface area contributed by atoms with Gasteiger partial charge in [0.15, 0.2) is 0 Å². The first kappa shape index (κ1) is 22.2. The topological polar surface area (TPSA) is 89.5 Å². The van der Waals surface area contributed by atoms with E-state index in [2.05, 4.69) is 17.2 Å². The number of nitrogens with one attached hydrogen (secondary N) is 1. The van der Waals surface area contributed by atoms with Crippen molar-refractivity contribution in [2.45, 2.75) is 28.2 Å². The maximum atomic E-state index is 13.3. The van der Waals surface area contributed by atoms with Gasteiger partial charge in [-0.15, -0.1) is 0 Å². The Hall–Kier alpha value is -2.47. The van der Waals surface area contributed by atoms with Gasteiger partial charge >= 0.3 is 0 Å². The zero-order valence-corrected chi connectivity index (χ0v) is 18.4. The predicted octanol–water partition coefficient (Wildman–Crippen LogP) is 4.02. The van der Waals surface area contributed by atoms with Gasteiger partial charge in [0.25, 0.3) is 11.1 Å². The first-order chi connectivity index (χ1) is 14.3.